The number of benzene rings is 2. The van der Waals surface area contributed by atoms with Crippen LogP contribution < -0.4 is 10.6 Å². The van der Waals surface area contributed by atoms with Crippen LogP contribution in [0.3, 0.4) is 0 Å². The quantitative estimate of drug-likeness (QED) is 0.626. The van der Waals surface area contributed by atoms with Crippen molar-refractivity contribution in [3.63, 3.8) is 0 Å². The van der Waals surface area contributed by atoms with Crippen LogP contribution in [0.5, 0.6) is 0 Å². The molecule has 28 heavy (non-hydrogen) atoms. The van der Waals surface area contributed by atoms with E-state index in [1.165, 1.54) is 0 Å². The minimum absolute atomic E-state index is 0.103. The van der Waals surface area contributed by atoms with Crippen LogP contribution in [0.2, 0.25) is 0 Å². The van der Waals surface area contributed by atoms with Gasteiger partial charge in [0.2, 0.25) is 0 Å². The molecule has 0 bridgehead atoms. The molecular weight excluding hydrogens is 352 g/mol. The van der Waals surface area contributed by atoms with E-state index in [0.717, 1.165) is 13.1 Å². The SMILES string of the molecule is CN(C)CCNc1cccc2c1C(=O)c1cccc(NCCN(C)C)c1C2=O. The van der Waals surface area contributed by atoms with Gasteiger partial charge in [0.15, 0.2) is 11.6 Å². The molecule has 3 rings (SSSR count). The zero-order valence-electron chi connectivity index (χ0n) is 17.0. The van der Waals surface area contributed by atoms with E-state index in [2.05, 4.69) is 20.4 Å². The third kappa shape index (κ3) is 4.08. The van der Waals surface area contributed by atoms with Gasteiger partial charge in [-0.3, -0.25) is 9.59 Å². The highest BCUT2D eigenvalue weighted by Crippen LogP contribution is 2.35. The highest BCUT2D eigenvalue weighted by molar-refractivity contribution is 6.31. The minimum atomic E-state index is -0.103. The van der Waals surface area contributed by atoms with Crippen LogP contribution in [-0.4, -0.2) is 75.7 Å². The number of anilines is 2. The van der Waals surface area contributed by atoms with Crippen molar-refractivity contribution < 1.29 is 9.59 Å². The van der Waals surface area contributed by atoms with E-state index in [9.17, 15) is 9.59 Å². The Hall–Kier alpha value is -2.70. The first kappa shape index (κ1) is 20.0. The van der Waals surface area contributed by atoms with Crippen LogP contribution in [0.4, 0.5) is 11.4 Å². The van der Waals surface area contributed by atoms with Crippen molar-refractivity contribution in [3.8, 4) is 0 Å². The van der Waals surface area contributed by atoms with Gasteiger partial charge in [0, 0.05) is 48.7 Å². The van der Waals surface area contributed by atoms with Crippen molar-refractivity contribution in [1.29, 1.82) is 0 Å². The maximum atomic E-state index is 13.3. The van der Waals surface area contributed by atoms with E-state index < -0.39 is 0 Å². The Bertz CT molecular complexity index is 817. The van der Waals surface area contributed by atoms with Crippen molar-refractivity contribution in [2.45, 2.75) is 0 Å². The largest absolute Gasteiger partial charge is 0.383 e. The molecule has 0 radical (unpaired) electrons. The lowest BCUT2D eigenvalue weighted by Crippen LogP contribution is -2.27. The molecule has 0 fully saturated rings. The number of hydrogen-bond donors (Lipinski definition) is 2. The number of nitrogens with one attached hydrogen (secondary N) is 2. The van der Waals surface area contributed by atoms with Crippen LogP contribution in [0, 0.1) is 0 Å². The first-order valence-electron chi connectivity index (χ1n) is 9.52. The summed E-state index contributed by atoms with van der Waals surface area (Å²) in [4.78, 5) is 30.7. The number of ketones is 2. The van der Waals surface area contributed by atoms with E-state index in [-0.39, 0.29) is 11.6 Å². The highest BCUT2D eigenvalue weighted by atomic mass is 16.1. The van der Waals surface area contributed by atoms with E-state index in [4.69, 9.17) is 0 Å². The minimum Gasteiger partial charge on any atom is -0.383 e. The average molecular weight is 380 g/mol. The second-order valence-corrected chi connectivity index (χ2v) is 7.57. The molecule has 0 amide bonds. The number of hydrogen-bond acceptors (Lipinski definition) is 6. The first-order valence-corrected chi connectivity index (χ1v) is 9.52. The lowest BCUT2D eigenvalue weighted by atomic mass is 9.82. The fourth-order valence-corrected chi connectivity index (χ4v) is 3.36. The molecule has 2 N–H and O–H groups in total. The number of carbonyl (C=O) groups is 2. The smallest absolute Gasteiger partial charge is 0.196 e. The molecule has 2 aromatic rings. The Kier molecular flexibility index (Phi) is 6.11. The topological polar surface area (TPSA) is 64.7 Å². The number of rotatable bonds is 8. The van der Waals surface area contributed by atoms with Gasteiger partial charge in [-0.25, -0.2) is 0 Å². The molecule has 2 aromatic carbocycles. The van der Waals surface area contributed by atoms with Crippen LogP contribution >= 0.6 is 0 Å². The zero-order valence-corrected chi connectivity index (χ0v) is 17.0. The summed E-state index contributed by atoms with van der Waals surface area (Å²) in [6.45, 7) is 3.07. The molecule has 0 unspecified atom stereocenters. The van der Waals surface area contributed by atoms with Crippen LogP contribution in [0.15, 0.2) is 36.4 Å². The molecule has 0 spiro atoms. The maximum absolute atomic E-state index is 13.3. The monoisotopic (exact) mass is 380 g/mol. The summed E-state index contributed by atoms with van der Waals surface area (Å²) < 4.78 is 0. The van der Waals surface area contributed by atoms with Crippen molar-refractivity contribution in [1.82, 2.24) is 9.80 Å². The molecule has 1 aliphatic carbocycles. The molecule has 0 saturated heterocycles. The zero-order chi connectivity index (χ0) is 20.3. The van der Waals surface area contributed by atoms with E-state index in [0.29, 0.717) is 46.7 Å². The standard InChI is InChI=1S/C22H28N4O2/c1-25(2)13-11-23-17-9-5-7-15-19(17)21(27)16-8-6-10-18(20(16)22(15)28)24-12-14-26(3)4/h5-10,23-24H,11-14H2,1-4H3. The summed E-state index contributed by atoms with van der Waals surface area (Å²) in [6.07, 6.45) is 0. The summed E-state index contributed by atoms with van der Waals surface area (Å²) in [5, 5.41) is 6.62. The second-order valence-electron chi connectivity index (χ2n) is 7.57. The molecule has 0 atom stereocenters. The third-order valence-electron chi connectivity index (χ3n) is 4.82. The maximum Gasteiger partial charge on any atom is 0.196 e. The first-order chi connectivity index (χ1) is 13.4. The molecular formula is C22H28N4O2. The van der Waals surface area contributed by atoms with Gasteiger partial charge in [0.25, 0.3) is 0 Å². The van der Waals surface area contributed by atoms with Gasteiger partial charge in [-0.05, 0) is 40.3 Å². The average Bonchev–Trinajstić information content (AvgIpc) is 2.65. The Labute approximate surface area is 166 Å². The second kappa shape index (κ2) is 8.54. The third-order valence-corrected chi connectivity index (χ3v) is 4.82. The molecule has 148 valence electrons. The summed E-state index contributed by atoms with van der Waals surface area (Å²) in [6, 6.07) is 10.9. The van der Waals surface area contributed by atoms with Gasteiger partial charge in [0.05, 0.1) is 11.1 Å². The summed E-state index contributed by atoms with van der Waals surface area (Å²) >= 11 is 0. The summed E-state index contributed by atoms with van der Waals surface area (Å²) in [7, 11) is 7.99. The molecule has 6 nitrogen and oxygen atoms in total. The Morgan fingerprint density at radius 3 is 1.43 bits per heavy atom. The Morgan fingerprint density at radius 1 is 0.679 bits per heavy atom. The number of fused-ring (bicyclic) bond motifs is 2. The number of likely N-dealkylation sites (N-methyl/N-ethyl adjacent to an activating group) is 2. The van der Waals surface area contributed by atoms with Crippen LogP contribution in [0.1, 0.15) is 31.8 Å². The molecule has 0 aliphatic heterocycles. The van der Waals surface area contributed by atoms with Crippen molar-refractivity contribution in [2.24, 2.45) is 0 Å². The Morgan fingerprint density at radius 2 is 1.07 bits per heavy atom. The van der Waals surface area contributed by atoms with Crippen LogP contribution in [0.25, 0.3) is 0 Å². The highest BCUT2D eigenvalue weighted by Gasteiger charge is 2.33. The van der Waals surface area contributed by atoms with Crippen molar-refractivity contribution in [3.05, 3.63) is 58.7 Å². The van der Waals surface area contributed by atoms with Crippen LogP contribution in [-0.2, 0) is 0 Å². The van der Waals surface area contributed by atoms with Crippen molar-refractivity contribution in [2.75, 3.05) is 65.0 Å². The molecule has 1 aliphatic rings. The van der Waals surface area contributed by atoms with Gasteiger partial charge in [-0.15, -0.1) is 0 Å². The molecule has 0 heterocycles. The van der Waals surface area contributed by atoms with E-state index >= 15 is 0 Å². The predicted octanol–water partition coefficient (Wildman–Crippen LogP) is 2.41. The van der Waals surface area contributed by atoms with E-state index in [1.54, 1.807) is 12.1 Å². The van der Waals surface area contributed by atoms with Gasteiger partial charge >= 0.3 is 0 Å². The summed E-state index contributed by atoms with van der Waals surface area (Å²) in [5.41, 5.74) is 3.32. The van der Waals surface area contributed by atoms with Gasteiger partial charge < -0.3 is 20.4 Å². The fraction of sp³-hybridized carbons (Fsp3) is 0.364. The van der Waals surface area contributed by atoms with Gasteiger partial charge in [-0.1, -0.05) is 24.3 Å². The molecule has 0 aromatic heterocycles. The summed E-state index contributed by atoms with van der Waals surface area (Å²) in [5.74, 6) is -0.206. The fourth-order valence-electron chi connectivity index (χ4n) is 3.36. The lowest BCUT2D eigenvalue weighted by Gasteiger charge is -2.23. The Balaban J connectivity index is 1.94. The normalized spacial score (nSPS) is 12.9. The molecule has 0 saturated carbocycles. The molecule has 6 heteroatoms. The lowest BCUT2D eigenvalue weighted by molar-refractivity contribution is 0.0980. The van der Waals surface area contributed by atoms with Crippen molar-refractivity contribution >= 4 is 22.9 Å². The van der Waals surface area contributed by atoms with Gasteiger partial charge in [0.1, 0.15) is 0 Å². The van der Waals surface area contributed by atoms with Gasteiger partial charge in [-0.2, -0.15) is 0 Å². The predicted molar refractivity (Wildman–Crippen MR) is 114 cm³/mol. The number of nitrogens with zero attached hydrogens (tertiary/aromatic N) is 2. The number of carbonyl (C=O) groups excluding carboxylic acids is 2. The van der Waals surface area contributed by atoms with E-state index in [1.807, 2.05) is 52.5 Å².